The predicted molar refractivity (Wildman–Crippen MR) is 171 cm³/mol. The Morgan fingerprint density at radius 1 is 1.05 bits per heavy atom. The third-order valence-electron chi connectivity index (χ3n) is 8.05. The molecule has 0 saturated carbocycles. The summed E-state index contributed by atoms with van der Waals surface area (Å²) in [7, 11) is 0. The van der Waals surface area contributed by atoms with Crippen LogP contribution < -0.4 is 16.8 Å². The highest BCUT2D eigenvalue weighted by Gasteiger charge is 2.51. The number of nitrogens with zero attached hydrogens (tertiary/aromatic N) is 5. The largest absolute Gasteiger partial charge is 0.397 e. The standard InChI is InChI=1S/C32H34N8O3S/c1-2-13-38-19-29(41)39-26(15-22-11-12-24(33)25(34)14-22)31(42)37(17-23-9-6-10-27-30(23)36-20-44-27)18-28(39)40(38)32(43)35-16-21-7-4-3-5-8-21/h2-12,14,20,26,28H,1,13,15-19,33-34H2,(H,35,43)/t26-,28?/m0/s1. The first-order valence-electron chi connectivity index (χ1n) is 14.4. The van der Waals surface area contributed by atoms with E-state index in [0.717, 1.165) is 26.9 Å². The molecule has 2 aliphatic heterocycles. The van der Waals surface area contributed by atoms with Crippen molar-refractivity contribution >= 4 is 50.8 Å². The zero-order valence-electron chi connectivity index (χ0n) is 24.1. The Kier molecular flexibility index (Phi) is 8.18. The molecule has 0 spiro atoms. The van der Waals surface area contributed by atoms with Gasteiger partial charge in [-0.25, -0.2) is 19.8 Å². The van der Waals surface area contributed by atoms with Crippen LogP contribution >= 0.6 is 11.3 Å². The van der Waals surface area contributed by atoms with E-state index in [1.807, 2.05) is 54.6 Å². The van der Waals surface area contributed by atoms with E-state index in [1.165, 1.54) is 11.3 Å². The highest BCUT2D eigenvalue weighted by atomic mass is 32.1. The number of carbonyl (C=O) groups excluding carboxylic acids is 3. The van der Waals surface area contributed by atoms with Gasteiger partial charge in [-0.15, -0.1) is 17.9 Å². The van der Waals surface area contributed by atoms with Crippen molar-refractivity contribution in [2.24, 2.45) is 0 Å². The highest BCUT2D eigenvalue weighted by Crippen LogP contribution is 2.31. The Labute approximate surface area is 259 Å². The van der Waals surface area contributed by atoms with Crippen molar-refractivity contribution in [2.45, 2.75) is 31.7 Å². The molecule has 5 N–H and O–H groups in total. The summed E-state index contributed by atoms with van der Waals surface area (Å²) in [4.78, 5) is 49.8. The summed E-state index contributed by atoms with van der Waals surface area (Å²) in [6.07, 6.45) is 1.11. The SMILES string of the molecule is C=CCN1CC(=O)N2C(CN(Cc3cccc4scnc34)C(=O)[C@@H]2Cc2ccc(N)c(N)c2)N1C(=O)NCc1ccccc1. The summed E-state index contributed by atoms with van der Waals surface area (Å²) in [5.41, 5.74) is 18.1. The summed E-state index contributed by atoms with van der Waals surface area (Å²) < 4.78 is 1.02. The van der Waals surface area contributed by atoms with Gasteiger partial charge < -0.3 is 26.6 Å². The van der Waals surface area contributed by atoms with Gasteiger partial charge in [-0.2, -0.15) is 0 Å². The maximum Gasteiger partial charge on any atom is 0.334 e. The number of urea groups is 1. The summed E-state index contributed by atoms with van der Waals surface area (Å²) in [6.45, 7) is 4.76. The first kappa shape index (κ1) is 29.1. The Balaban J connectivity index is 1.37. The van der Waals surface area contributed by atoms with Gasteiger partial charge in [0.15, 0.2) is 0 Å². The van der Waals surface area contributed by atoms with Crippen LogP contribution in [-0.2, 0) is 29.1 Å². The van der Waals surface area contributed by atoms with Gasteiger partial charge in [-0.3, -0.25) is 9.59 Å². The lowest BCUT2D eigenvalue weighted by Crippen LogP contribution is -2.76. The molecular formula is C32H34N8O3S. The molecule has 0 bridgehead atoms. The molecule has 4 amide bonds. The zero-order chi connectivity index (χ0) is 30.8. The molecule has 2 saturated heterocycles. The molecule has 1 aromatic heterocycles. The van der Waals surface area contributed by atoms with Crippen molar-refractivity contribution < 1.29 is 14.4 Å². The monoisotopic (exact) mass is 610 g/mol. The fourth-order valence-electron chi connectivity index (χ4n) is 5.95. The van der Waals surface area contributed by atoms with Crippen LogP contribution in [0, 0.1) is 0 Å². The van der Waals surface area contributed by atoms with Gasteiger partial charge in [-0.05, 0) is 34.9 Å². The summed E-state index contributed by atoms with van der Waals surface area (Å²) in [6, 6.07) is 19.5. The van der Waals surface area contributed by atoms with Gasteiger partial charge in [0.05, 0.1) is 40.2 Å². The van der Waals surface area contributed by atoms with Gasteiger partial charge in [0.25, 0.3) is 0 Å². The number of aromatic nitrogens is 1. The van der Waals surface area contributed by atoms with E-state index in [9.17, 15) is 14.4 Å². The fourth-order valence-corrected chi connectivity index (χ4v) is 6.68. The number of benzene rings is 3. The van der Waals surface area contributed by atoms with E-state index in [0.29, 0.717) is 17.9 Å². The summed E-state index contributed by atoms with van der Waals surface area (Å²) >= 11 is 1.53. The Bertz CT molecular complexity index is 1710. The molecular weight excluding hydrogens is 576 g/mol. The smallest absolute Gasteiger partial charge is 0.334 e. The Hall–Kier alpha value is -4.94. The second-order valence-electron chi connectivity index (χ2n) is 10.9. The summed E-state index contributed by atoms with van der Waals surface area (Å²) in [5, 5.41) is 6.26. The van der Waals surface area contributed by atoms with Crippen LogP contribution in [0.15, 0.2) is 84.9 Å². The third-order valence-corrected chi connectivity index (χ3v) is 8.84. The normalized spacial score (nSPS) is 18.9. The maximum atomic E-state index is 14.3. The number of amides is 4. The molecule has 2 fully saturated rings. The molecule has 2 atom stereocenters. The molecule has 3 heterocycles. The van der Waals surface area contributed by atoms with Crippen molar-refractivity contribution in [2.75, 3.05) is 31.1 Å². The van der Waals surface area contributed by atoms with Crippen molar-refractivity contribution in [1.82, 2.24) is 30.1 Å². The van der Waals surface area contributed by atoms with Crippen LogP contribution in [0.2, 0.25) is 0 Å². The lowest BCUT2D eigenvalue weighted by molar-refractivity contribution is -0.189. The van der Waals surface area contributed by atoms with Crippen LogP contribution in [0.4, 0.5) is 16.2 Å². The van der Waals surface area contributed by atoms with E-state index in [4.69, 9.17) is 11.5 Å². The fraction of sp³-hybridized carbons (Fsp3) is 0.250. The highest BCUT2D eigenvalue weighted by molar-refractivity contribution is 7.16. The number of hydrazine groups is 1. The average molecular weight is 611 g/mol. The predicted octanol–water partition coefficient (Wildman–Crippen LogP) is 3.20. The number of nitrogens with one attached hydrogen (secondary N) is 1. The molecule has 2 aliphatic rings. The van der Waals surface area contributed by atoms with Crippen LogP contribution in [0.1, 0.15) is 16.7 Å². The molecule has 3 aromatic carbocycles. The molecule has 0 radical (unpaired) electrons. The number of para-hydroxylation sites is 1. The zero-order valence-corrected chi connectivity index (χ0v) is 25.0. The lowest BCUT2D eigenvalue weighted by Gasteiger charge is -2.55. The number of hydrogen-bond donors (Lipinski definition) is 3. The van der Waals surface area contributed by atoms with E-state index < -0.39 is 12.2 Å². The second-order valence-corrected chi connectivity index (χ2v) is 11.8. The quantitative estimate of drug-likeness (QED) is 0.206. The van der Waals surface area contributed by atoms with Gasteiger partial charge in [0, 0.05) is 26.1 Å². The number of piperazine rings is 1. The van der Waals surface area contributed by atoms with Gasteiger partial charge in [0.1, 0.15) is 12.2 Å². The van der Waals surface area contributed by atoms with Gasteiger partial charge in [-0.1, -0.05) is 54.6 Å². The minimum Gasteiger partial charge on any atom is -0.397 e. The first-order chi connectivity index (χ1) is 21.3. The molecule has 4 aromatic rings. The number of anilines is 2. The molecule has 6 rings (SSSR count). The van der Waals surface area contributed by atoms with Gasteiger partial charge in [0.2, 0.25) is 11.8 Å². The second kappa shape index (κ2) is 12.3. The number of carbonyl (C=O) groups is 3. The van der Waals surface area contributed by atoms with Crippen molar-refractivity contribution in [3.63, 3.8) is 0 Å². The van der Waals surface area contributed by atoms with Gasteiger partial charge >= 0.3 is 6.03 Å². The molecule has 44 heavy (non-hydrogen) atoms. The topological polar surface area (TPSA) is 141 Å². The van der Waals surface area contributed by atoms with E-state index in [2.05, 4.69) is 16.9 Å². The van der Waals surface area contributed by atoms with Crippen molar-refractivity contribution in [3.05, 3.63) is 102 Å². The first-order valence-corrected chi connectivity index (χ1v) is 15.2. The van der Waals surface area contributed by atoms with Crippen molar-refractivity contribution in [3.8, 4) is 0 Å². The number of fused-ring (bicyclic) bond motifs is 2. The lowest BCUT2D eigenvalue weighted by atomic mass is 9.97. The number of nitrogen functional groups attached to an aromatic ring is 2. The van der Waals surface area contributed by atoms with Crippen LogP contribution in [0.5, 0.6) is 0 Å². The van der Waals surface area contributed by atoms with Crippen LogP contribution in [0.25, 0.3) is 10.2 Å². The maximum absolute atomic E-state index is 14.3. The number of hydrogen-bond acceptors (Lipinski definition) is 8. The van der Waals surface area contributed by atoms with E-state index >= 15 is 0 Å². The number of nitrogens with two attached hydrogens (primary N) is 2. The average Bonchev–Trinajstić information content (AvgIpc) is 3.51. The van der Waals surface area contributed by atoms with Crippen LogP contribution in [-0.4, -0.2) is 74.5 Å². The molecule has 226 valence electrons. The van der Waals surface area contributed by atoms with Crippen molar-refractivity contribution in [1.29, 1.82) is 0 Å². The van der Waals surface area contributed by atoms with E-state index in [-0.39, 0.29) is 50.4 Å². The molecule has 0 aliphatic carbocycles. The van der Waals surface area contributed by atoms with E-state index in [1.54, 1.807) is 43.5 Å². The van der Waals surface area contributed by atoms with Crippen LogP contribution in [0.3, 0.4) is 0 Å². The Morgan fingerprint density at radius 3 is 2.64 bits per heavy atom. The minimum absolute atomic E-state index is 0.0763. The number of thiazole rings is 1. The minimum atomic E-state index is -0.866. The molecule has 1 unspecified atom stereocenters. The number of rotatable bonds is 8. The summed E-state index contributed by atoms with van der Waals surface area (Å²) in [5.74, 6) is -0.453. The Morgan fingerprint density at radius 2 is 1.86 bits per heavy atom. The molecule has 11 nitrogen and oxygen atoms in total. The third kappa shape index (κ3) is 5.69. The molecule has 12 heteroatoms.